The summed E-state index contributed by atoms with van der Waals surface area (Å²) in [5, 5.41) is 2.56. The van der Waals surface area contributed by atoms with Gasteiger partial charge >= 0.3 is 11.9 Å². The molecular formula is C27H25N5O7. The number of esters is 2. The van der Waals surface area contributed by atoms with Gasteiger partial charge in [0, 0.05) is 5.92 Å². The Morgan fingerprint density at radius 3 is 2.23 bits per heavy atom. The van der Waals surface area contributed by atoms with E-state index in [9.17, 15) is 19.2 Å². The lowest BCUT2D eigenvalue weighted by Gasteiger charge is -2.24. The highest BCUT2D eigenvalue weighted by Gasteiger charge is 2.45. The van der Waals surface area contributed by atoms with Crippen LogP contribution < -0.4 is 10.9 Å². The van der Waals surface area contributed by atoms with Gasteiger partial charge in [-0.3, -0.25) is 24.5 Å². The van der Waals surface area contributed by atoms with Gasteiger partial charge in [-0.25, -0.2) is 14.6 Å². The van der Waals surface area contributed by atoms with Gasteiger partial charge in [0.2, 0.25) is 11.9 Å². The van der Waals surface area contributed by atoms with E-state index in [0.29, 0.717) is 11.1 Å². The maximum atomic E-state index is 13.0. The first-order valence-electron chi connectivity index (χ1n) is 12.2. The summed E-state index contributed by atoms with van der Waals surface area (Å²) in [5.41, 5.74) is 0.0965. The highest BCUT2D eigenvalue weighted by Crippen LogP contribution is 2.32. The first-order chi connectivity index (χ1) is 18.8. The smallest absolute Gasteiger partial charge is 0.338 e. The second kappa shape index (κ2) is 10.9. The zero-order valence-electron chi connectivity index (χ0n) is 21.1. The molecule has 0 spiro atoms. The van der Waals surface area contributed by atoms with E-state index in [1.165, 1.54) is 10.9 Å². The summed E-state index contributed by atoms with van der Waals surface area (Å²) in [6.45, 7) is 3.30. The molecule has 5 rings (SSSR count). The lowest BCUT2D eigenvalue weighted by molar-refractivity contribution is -0.118. The number of aromatic amines is 1. The van der Waals surface area contributed by atoms with Gasteiger partial charge in [-0.2, -0.15) is 4.98 Å². The number of H-pyrrole nitrogens is 1. The van der Waals surface area contributed by atoms with Crippen LogP contribution in [-0.4, -0.2) is 56.2 Å². The summed E-state index contributed by atoms with van der Waals surface area (Å²) in [6, 6.07) is 16.7. The quantitative estimate of drug-likeness (QED) is 0.343. The summed E-state index contributed by atoms with van der Waals surface area (Å²) < 4.78 is 18.9. The van der Waals surface area contributed by atoms with Gasteiger partial charge in [0.25, 0.3) is 5.56 Å². The number of fused-ring (bicyclic) bond motifs is 1. The molecule has 200 valence electrons. The Kier molecular flexibility index (Phi) is 7.19. The number of anilines is 1. The molecule has 3 atom stereocenters. The number of rotatable bonds is 7. The molecule has 39 heavy (non-hydrogen) atoms. The first kappa shape index (κ1) is 25.8. The Labute approximate surface area is 221 Å². The minimum Gasteiger partial charge on any atom is -0.452 e. The number of aromatic nitrogens is 4. The van der Waals surface area contributed by atoms with Crippen LogP contribution in [-0.2, 0) is 19.0 Å². The van der Waals surface area contributed by atoms with E-state index in [1.54, 1.807) is 74.5 Å². The highest BCUT2D eigenvalue weighted by molar-refractivity contribution is 5.91. The Hall–Kier alpha value is -4.84. The SMILES string of the molecule is CC(C)C(=O)Nc1nc2c(ncn2[C@@H]2OC[C@H](OC(=O)c3ccccc3)[C@H]2OC(=O)c2ccccc2)c(=O)[nH]1. The van der Waals surface area contributed by atoms with Crippen molar-refractivity contribution in [2.24, 2.45) is 5.92 Å². The van der Waals surface area contributed by atoms with Crippen molar-refractivity contribution in [3.63, 3.8) is 0 Å². The predicted molar refractivity (Wildman–Crippen MR) is 138 cm³/mol. The molecule has 0 radical (unpaired) electrons. The fraction of sp³-hybridized carbons (Fsp3) is 0.259. The fourth-order valence-electron chi connectivity index (χ4n) is 4.02. The summed E-state index contributed by atoms with van der Waals surface area (Å²) in [7, 11) is 0. The van der Waals surface area contributed by atoms with Crippen LogP contribution in [0.15, 0.2) is 71.8 Å². The van der Waals surface area contributed by atoms with Crippen molar-refractivity contribution in [3.05, 3.63) is 88.5 Å². The molecular weight excluding hydrogens is 506 g/mol. The van der Waals surface area contributed by atoms with E-state index in [1.807, 2.05) is 0 Å². The number of hydrogen-bond acceptors (Lipinski definition) is 9. The summed E-state index contributed by atoms with van der Waals surface area (Å²) in [4.78, 5) is 61.7. The second-order valence-electron chi connectivity index (χ2n) is 9.15. The molecule has 1 amide bonds. The van der Waals surface area contributed by atoms with Crippen LogP contribution in [0.5, 0.6) is 0 Å². The number of carbonyl (C=O) groups excluding carboxylic acids is 3. The van der Waals surface area contributed by atoms with Crippen molar-refractivity contribution in [1.82, 2.24) is 19.5 Å². The van der Waals surface area contributed by atoms with Crippen molar-refractivity contribution in [2.75, 3.05) is 11.9 Å². The maximum Gasteiger partial charge on any atom is 0.338 e. The van der Waals surface area contributed by atoms with Gasteiger partial charge in [-0.15, -0.1) is 0 Å². The van der Waals surface area contributed by atoms with Crippen LogP contribution in [0.1, 0.15) is 40.8 Å². The van der Waals surface area contributed by atoms with Crippen molar-refractivity contribution in [2.45, 2.75) is 32.3 Å². The molecule has 0 saturated carbocycles. The van der Waals surface area contributed by atoms with Crippen LogP contribution >= 0.6 is 0 Å². The Bertz CT molecular complexity index is 1570. The molecule has 12 heteroatoms. The molecule has 4 aromatic rings. The first-order valence-corrected chi connectivity index (χ1v) is 12.2. The third-order valence-electron chi connectivity index (χ3n) is 6.07. The van der Waals surface area contributed by atoms with E-state index >= 15 is 0 Å². The largest absolute Gasteiger partial charge is 0.452 e. The summed E-state index contributed by atoms with van der Waals surface area (Å²) >= 11 is 0. The Morgan fingerprint density at radius 2 is 1.62 bits per heavy atom. The van der Waals surface area contributed by atoms with E-state index in [0.717, 1.165) is 0 Å². The maximum absolute atomic E-state index is 13.0. The monoisotopic (exact) mass is 531 g/mol. The molecule has 12 nitrogen and oxygen atoms in total. The molecule has 0 unspecified atom stereocenters. The Morgan fingerprint density at radius 1 is 1.00 bits per heavy atom. The zero-order valence-corrected chi connectivity index (χ0v) is 21.1. The minimum absolute atomic E-state index is 0.0148. The van der Waals surface area contributed by atoms with Crippen molar-refractivity contribution in [3.8, 4) is 0 Å². The molecule has 1 saturated heterocycles. The number of amides is 1. The number of carbonyl (C=O) groups is 3. The number of imidazole rings is 1. The summed E-state index contributed by atoms with van der Waals surface area (Å²) in [5.74, 6) is -2.04. The van der Waals surface area contributed by atoms with Crippen molar-refractivity contribution < 1.29 is 28.6 Å². The molecule has 1 aliphatic heterocycles. The van der Waals surface area contributed by atoms with E-state index in [4.69, 9.17) is 14.2 Å². The van der Waals surface area contributed by atoms with Crippen LogP contribution in [0.2, 0.25) is 0 Å². The third-order valence-corrected chi connectivity index (χ3v) is 6.07. The predicted octanol–water partition coefficient (Wildman–Crippen LogP) is 2.69. The molecule has 1 aliphatic rings. The van der Waals surface area contributed by atoms with E-state index in [-0.39, 0.29) is 35.5 Å². The van der Waals surface area contributed by atoms with Crippen LogP contribution in [0.4, 0.5) is 5.95 Å². The van der Waals surface area contributed by atoms with Crippen LogP contribution in [0.3, 0.4) is 0 Å². The van der Waals surface area contributed by atoms with Gasteiger partial charge in [0.15, 0.2) is 29.6 Å². The number of hydrogen-bond donors (Lipinski definition) is 2. The molecule has 1 fully saturated rings. The van der Waals surface area contributed by atoms with E-state index in [2.05, 4.69) is 20.3 Å². The molecule has 0 bridgehead atoms. The van der Waals surface area contributed by atoms with E-state index < -0.39 is 35.9 Å². The van der Waals surface area contributed by atoms with Gasteiger partial charge in [-0.1, -0.05) is 50.2 Å². The number of nitrogens with one attached hydrogen (secondary N) is 2. The zero-order chi connectivity index (χ0) is 27.5. The molecule has 0 aliphatic carbocycles. The highest BCUT2D eigenvalue weighted by atomic mass is 16.6. The van der Waals surface area contributed by atoms with Crippen molar-refractivity contribution >= 4 is 35.0 Å². The van der Waals surface area contributed by atoms with Crippen molar-refractivity contribution in [1.29, 1.82) is 0 Å². The fourth-order valence-corrected chi connectivity index (χ4v) is 4.02. The number of nitrogens with zero attached hydrogens (tertiary/aromatic N) is 3. The lowest BCUT2D eigenvalue weighted by Crippen LogP contribution is -2.37. The van der Waals surface area contributed by atoms with Gasteiger partial charge in [-0.05, 0) is 24.3 Å². The topological polar surface area (TPSA) is 154 Å². The van der Waals surface area contributed by atoms with Gasteiger partial charge < -0.3 is 14.2 Å². The molecule has 2 aromatic heterocycles. The second-order valence-corrected chi connectivity index (χ2v) is 9.15. The molecule has 2 N–H and O–H groups in total. The average Bonchev–Trinajstić information content (AvgIpc) is 3.53. The summed E-state index contributed by atoms with van der Waals surface area (Å²) in [6.07, 6.45) is -1.82. The standard InChI is InChI=1S/C27H25N5O7/c1-15(2)22(33)30-27-29-21-19(23(34)31-27)28-14-32(21)24-20(39-26(36)17-11-7-4-8-12-17)18(13-37-24)38-25(35)16-9-5-3-6-10-16/h3-12,14-15,18,20,24H,13H2,1-2H3,(H2,29,30,31,33,34)/t18-,20+,24+/m0/s1. The normalized spacial score (nSPS) is 18.7. The van der Waals surface area contributed by atoms with Gasteiger partial charge in [0.05, 0.1) is 24.1 Å². The number of benzene rings is 2. The third kappa shape index (κ3) is 5.41. The minimum atomic E-state index is -1.11. The Balaban J connectivity index is 1.49. The van der Waals surface area contributed by atoms with Crippen LogP contribution in [0, 0.1) is 5.92 Å². The molecule has 2 aromatic carbocycles. The van der Waals surface area contributed by atoms with Crippen LogP contribution in [0.25, 0.3) is 11.2 Å². The number of ether oxygens (including phenoxy) is 3. The lowest BCUT2D eigenvalue weighted by atomic mass is 10.2. The van der Waals surface area contributed by atoms with Gasteiger partial charge in [0.1, 0.15) is 0 Å². The molecule has 3 heterocycles. The average molecular weight is 532 g/mol.